The zero-order valence-electron chi connectivity index (χ0n) is 13.1. The zero-order chi connectivity index (χ0) is 18.0. The van der Waals surface area contributed by atoms with Gasteiger partial charge in [0, 0.05) is 16.3 Å². The van der Waals surface area contributed by atoms with E-state index in [4.69, 9.17) is 20.6 Å². The van der Waals surface area contributed by atoms with Gasteiger partial charge < -0.3 is 14.4 Å². The van der Waals surface area contributed by atoms with Gasteiger partial charge in [0.05, 0.1) is 25.4 Å². The summed E-state index contributed by atoms with van der Waals surface area (Å²) in [6, 6.07) is 8.12. The predicted octanol–water partition coefficient (Wildman–Crippen LogP) is 3.42. The lowest BCUT2D eigenvalue weighted by Crippen LogP contribution is -2.42. The molecule has 1 amide bonds. The van der Waals surface area contributed by atoms with E-state index in [9.17, 15) is 19.9 Å². The molecule has 2 rings (SSSR count). The highest BCUT2D eigenvalue weighted by molar-refractivity contribution is 7.56. The van der Waals surface area contributed by atoms with Crippen molar-refractivity contribution in [2.45, 2.75) is 19.0 Å². The molecule has 0 aromatic heterocycles. The molecule has 1 N–H and O–H groups in total. The summed E-state index contributed by atoms with van der Waals surface area (Å²) in [6.07, 6.45) is 0. The molecule has 1 aliphatic rings. The lowest BCUT2D eigenvalue weighted by molar-refractivity contribution is -0.119. The molecule has 1 aliphatic heterocycles. The van der Waals surface area contributed by atoms with Gasteiger partial charge in [0.25, 0.3) is 0 Å². The van der Waals surface area contributed by atoms with Gasteiger partial charge in [0.15, 0.2) is 5.92 Å². The van der Waals surface area contributed by atoms with Gasteiger partial charge in [-0.3, -0.25) is 9.36 Å². The number of carbonyl (C=O) groups is 1. The van der Waals surface area contributed by atoms with Gasteiger partial charge in [0.1, 0.15) is 0 Å². The van der Waals surface area contributed by atoms with Crippen LogP contribution in [0.4, 0.5) is 5.69 Å². The number of nitrogens with one attached hydrogen (secondary N) is 1. The van der Waals surface area contributed by atoms with Crippen molar-refractivity contribution < 1.29 is 18.4 Å². The minimum atomic E-state index is -4.24. The SMILES string of the molecule is CCOP(=O)(OCC)[C@]1(C(C#N)C#N)C(=O)Nc2cccc(Cl)c21. The minimum absolute atomic E-state index is 0.0321. The summed E-state index contributed by atoms with van der Waals surface area (Å²) in [7, 11) is -4.24. The maximum Gasteiger partial charge on any atom is 0.353 e. The first-order valence-corrected chi connectivity index (χ1v) is 9.13. The summed E-state index contributed by atoms with van der Waals surface area (Å²) >= 11 is 6.24. The number of nitrogens with zero attached hydrogens (tertiary/aromatic N) is 2. The Hall–Kier alpha value is -1.89. The molecule has 1 atom stereocenters. The van der Waals surface area contributed by atoms with Crippen LogP contribution in [0.25, 0.3) is 0 Å². The van der Waals surface area contributed by atoms with Crippen LogP contribution < -0.4 is 5.32 Å². The zero-order valence-corrected chi connectivity index (χ0v) is 14.7. The van der Waals surface area contributed by atoms with Crippen molar-refractivity contribution in [2.75, 3.05) is 18.5 Å². The Kier molecular flexibility index (Phi) is 5.32. The second-order valence-corrected chi connectivity index (χ2v) is 7.53. The Labute approximate surface area is 144 Å². The molecule has 0 aliphatic carbocycles. The van der Waals surface area contributed by atoms with Crippen molar-refractivity contribution in [1.29, 1.82) is 10.5 Å². The topological polar surface area (TPSA) is 112 Å². The maximum atomic E-state index is 13.6. The third kappa shape index (κ3) is 2.42. The van der Waals surface area contributed by atoms with E-state index in [0.29, 0.717) is 0 Å². The lowest BCUT2D eigenvalue weighted by atomic mass is 9.87. The Bertz CT molecular complexity index is 777. The third-order valence-electron chi connectivity index (χ3n) is 3.70. The van der Waals surface area contributed by atoms with E-state index in [1.165, 1.54) is 6.07 Å². The maximum absolute atomic E-state index is 13.6. The largest absolute Gasteiger partial charge is 0.353 e. The van der Waals surface area contributed by atoms with Crippen LogP contribution in [0.1, 0.15) is 19.4 Å². The number of halogens is 1. The normalized spacial score (nSPS) is 19.5. The van der Waals surface area contributed by atoms with Gasteiger partial charge >= 0.3 is 7.60 Å². The van der Waals surface area contributed by atoms with E-state index in [0.717, 1.165) is 0 Å². The van der Waals surface area contributed by atoms with Crippen molar-refractivity contribution in [3.63, 3.8) is 0 Å². The first kappa shape index (κ1) is 18.4. The van der Waals surface area contributed by atoms with Gasteiger partial charge in [-0.1, -0.05) is 17.7 Å². The van der Waals surface area contributed by atoms with Crippen LogP contribution in [0.15, 0.2) is 18.2 Å². The number of benzene rings is 1. The van der Waals surface area contributed by atoms with Crippen molar-refractivity contribution >= 4 is 30.8 Å². The fourth-order valence-corrected chi connectivity index (χ4v) is 5.64. The predicted molar refractivity (Wildman–Crippen MR) is 87.3 cm³/mol. The molecule has 1 aromatic rings. The van der Waals surface area contributed by atoms with Gasteiger partial charge in [0.2, 0.25) is 11.1 Å². The monoisotopic (exact) mass is 367 g/mol. The Morgan fingerprint density at radius 2 is 1.88 bits per heavy atom. The molecular formula is C15H15ClN3O4P. The van der Waals surface area contributed by atoms with E-state index in [2.05, 4.69) is 5.32 Å². The van der Waals surface area contributed by atoms with E-state index in [-0.39, 0.29) is 29.5 Å². The van der Waals surface area contributed by atoms with Crippen LogP contribution in [-0.4, -0.2) is 19.1 Å². The van der Waals surface area contributed by atoms with Crippen molar-refractivity contribution in [1.82, 2.24) is 0 Å². The number of carbonyl (C=O) groups excluding carboxylic acids is 1. The Morgan fingerprint density at radius 3 is 2.38 bits per heavy atom. The number of fused-ring (bicyclic) bond motifs is 1. The molecule has 0 spiro atoms. The average molecular weight is 368 g/mol. The van der Waals surface area contributed by atoms with Crippen molar-refractivity contribution in [3.05, 3.63) is 28.8 Å². The van der Waals surface area contributed by atoms with E-state index in [1.54, 1.807) is 38.1 Å². The van der Waals surface area contributed by atoms with Crippen LogP contribution in [0, 0.1) is 28.6 Å². The van der Waals surface area contributed by atoms with Crippen LogP contribution in [0.5, 0.6) is 0 Å². The molecule has 126 valence electrons. The van der Waals surface area contributed by atoms with Gasteiger partial charge in [-0.15, -0.1) is 0 Å². The van der Waals surface area contributed by atoms with E-state index < -0.39 is 24.6 Å². The smallest absolute Gasteiger partial charge is 0.324 e. The van der Waals surface area contributed by atoms with E-state index in [1.807, 2.05) is 0 Å². The Morgan fingerprint density at radius 1 is 1.29 bits per heavy atom. The summed E-state index contributed by atoms with van der Waals surface area (Å²) in [5, 5.41) is 19.4. The van der Waals surface area contributed by atoms with Crippen LogP contribution >= 0.6 is 19.2 Å². The number of anilines is 1. The average Bonchev–Trinajstić information content (AvgIpc) is 2.84. The molecule has 0 radical (unpaired) electrons. The highest BCUT2D eigenvalue weighted by atomic mass is 35.5. The second-order valence-electron chi connectivity index (χ2n) is 4.91. The first-order chi connectivity index (χ1) is 11.4. The highest BCUT2D eigenvalue weighted by Crippen LogP contribution is 2.71. The van der Waals surface area contributed by atoms with E-state index >= 15 is 0 Å². The minimum Gasteiger partial charge on any atom is -0.324 e. The number of amides is 1. The second kappa shape index (κ2) is 6.93. The summed E-state index contributed by atoms with van der Waals surface area (Å²) in [6.45, 7) is 3.09. The standard InChI is InChI=1S/C15H15ClN3O4P/c1-3-22-24(21,23-4-2)15(10(8-17)9-18)13-11(16)6-5-7-12(13)19-14(15)20/h5-7,10H,3-4H2,1-2H3,(H,19,20)/t15-/m0/s1. The molecule has 1 aromatic carbocycles. The fraction of sp³-hybridized carbons (Fsp3) is 0.400. The fourth-order valence-electron chi connectivity index (χ4n) is 2.84. The quantitative estimate of drug-likeness (QED) is 0.771. The number of nitriles is 2. The summed E-state index contributed by atoms with van der Waals surface area (Å²) < 4.78 is 24.2. The van der Waals surface area contributed by atoms with Crippen LogP contribution in [0.3, 0.4) is 0 Å². The lowest BCUT2D eigenvalue weighted by Gasteiger charge is -2.34. The van der Waals surface area contributed by atoms with Gasteiger partial charge in [-0.25, -0.2) is 0 Å². The molecule has 0 saturated heterocycles. The van der Waals surface area contributed by atoms with Gasteiger partial charge in [-0.05, 0) is 26.0 Å². The number of hydrogen-bond donors (Lipinski definition) is 1. The molecule has 0 saturated carbocycles. The molecule has 0 unspecified atom stereocenters. The molecule has 24 heavy (non-hydrogen) atoms. The molecular weight excluding hydrogens is 353 g/mol. The Balaban J connectivity index is 2.92. The molecule has 9 heteroatoms. The molecule has 1 heterocycles. The van der Waals surface area contributed by atoms with Gasteiger partial charge in [-0.2, -0.15) is 10.5 Å². The summed E-state index contributed by atoms with van der Waals surface area (Å²) in [4.78, 5) is 12.9. The molecule has 0 bridgehead atoms. The van der Waals surface area contributed by atoms with Crippen molar-refractivity contribution in [3.8, 4) is 12.1 Å². The summed E-state index contributed by atoms with van der Waals surface area (Å²) in [5.41, 5.74) is 0.373. The number of hydrogen-bond acceptors (Lipinski definition) is 6. The third-order valence-corrected chi connectivity index (χ3v) is 6.76. The van der Waals surface area contributed by atoms with Crippen molar-refractivity contribution in [2.24, 2.45) is 5.92 Å². The van der Waals surface area contributed by atoms with Crippen LogP contribution in [0.2, 0.25) is 5.02 Å². The molecule has 7 nitrogen and oxygen atoms in total. The highest BCUT2D eigenvalue weighted by Gasteiger charge is 2.68. The number of rotatable bonds is 6. The molecule has 0 fully saturated rings. The summed E-state index contributed by atoms with van der Waals surface area (Å²) in [5.74, 6) is -2.41. The first-order valence-electron chi connectivity index (χ1n) is 7.21. The van der Waals surface area contributed by atoms with Crippen LogP contribution in [-0.2, 0) is 23.6 Å².